The molecule has 0 aromatic heterocycles. The SMILES string of the molecule is [2H]C1[C@H](O)[C@H](O)C[C@H]2C(=O)C=C3C(CC[C@]4(C)[C@@H](C(C)[C@H](O)CCC(C)(C)O)CC[C@@]34O)[C@@]12C. The van der Waals surface area contributed by atoms with E-state index in [9.17, 15) is 30.3 Å². The van der Waals surface area contributed by atoms with E-state index < -0.39 is 52.7 Å². The van der Waals surface area contributed by atoms with Crippen LogP contribution in [0.15, 0.2) is 11.6 Å². The van der Waals surface area contributed by atoms with Crippen molar-refractivity contribution in [3.63, 3.8) is 0 Å². The highest BCUT2D eigenvalue weighted by Crippen LogP contribution is 2.68. The molecule has 4 rings (SSSR count). The van der Waals surface area contributed by atoms with Gasteiger partial charge in [0.05, 0.1) is 29.5 Å². The van der Waals surface area contributed by atoms with Gasteiger partial charge in [0.1, 0.15) is 0 Å². The normalized spacial score (nSPS) is 49.9. The molecule has 0 saturated heterocycles. The number of ketones is 1. The summed E-state index contributed by atoms with van der Waals surface area (Å²) in [5, 5.41) is 54.1. The molecular weight excluding hydrogens is 420 g/mol. The summed E-state index contributed by atoms with van der Waals surface area (Å²) in [6.45, 7) is 9.48. The van der Waals surface area contributed by atoms with Gasteiger partial charge in [-0.15, -0.1) is 0 Å². The molecule has 0 radical (unpaired) electrons. The summed E-state index contributed by atoms with van der Waals surface area (Å²) in [5.41, 5.74) is -2.70. The number of carbonyl (C=O) groups is 1. The van der Waals surface area contributed by atoms with Crippen LogP contribution in [0.2, 0.25) is 0 Å². The maximum Gasteiger partial charge on any atom is 0.159 e. The van der Waals surface area contributed by atoms with Crippen LogP contribution in [-0.4, -0.2) is 60.8 Å². The van der Waals surface area contributed by atoms with Crippen LogP contribution in [0.3, 0.4) is 0 Å². The Balaban J connectivity index is 1.65. The van der Waals surface area contributed by atoms with E-state index in [1.165, 1.54) is 0 Å². The maximum absolute atomic E-state index is 13.3. The molecule has 4 aliphatic carbocycles. The fourth-order valence-electron chi connectivity index (χ4n) is 8.04. The van der Waals surface area contributed by atoms with Gasteiger partial charge >= 0.3 is 0 Å². The van der Waals surface area contributed by atoms with Crippen molar-refractivity contribution in [3.8, 4) is 0 Å². The van der Waals surface area contributed by atoms with Crippen LogP contribution >= 0.6 is 0 Å². The Morgan fingerprint density at radius 2 is 1.85 bits per heavy atom. The molecular formula is C27H44O6. The van der Waals surface area contributed by atoms with Gasteiger partial charge in [0.15, 0.2) is 5.78 Å². The topological polar surface area (TPSA) is 118 Å². The first-order valence-electron chi connectivity index (χ1n) is 13.3. The second kappa shape index (κ2) is 8.12. The fraction of sp³-hybridized carbons (Fsp3) is 0.889. The van der Waals surface area contributed by atoms with Crippen molar-refractivity contribution in [1.29, 1.82) is 0 Å². The fourth-order valence-corrected chi connectivity index (χ4v) is 8.04. The largest absolute Gasteiger partial charge is 0.393 e. The number of fused-ring (bicyclic) bond motifs is 5. The van der Waals surface area contributed by atoms with E-state index in [4.69, 9.17) is 1.37 Å². The van der Waals surface area contributed by atoms with Crippen LogP contribution < -0.4 is 0 Å². The average molecular weight is 466 g/mol. The molecule has 3 fully saturated rings. The zero-order valence-electron chi connectivity index (χ0n) is 21.8. The number of hydrogen-bond acceptors (Lipinski definition) is 6. The third kappa shape index (κ3) is 3.85. The van der Waals surface area contributed by atoms with Gasteiger partial charge in [-0.2, -0.15) is 0 Å². The smallest absolute Gasteiger partial charge is 0.159 e. The predicted octanol–water partition coefficient (Wildman–Crippen LogP) is 2.74. The Morgan fingerprint density at radius 1 is 1.18 bits per heavy atom. The molecule has 6 nitrogen and oxygen atoms in total. The van der Waals surface area contributed by atoms with Crippen molar-refractivity contribution in [2.75, 3.05) is 0 Å². The molecule has 0 amide bonds. The molecule has 6 heteroatoms. The summed E-state index contributed by atoms with van der Waals surface area (Å²) in [6, 6.07) is 0. The van der Waals surface area contributed by atoms with Gasteiger partial charge in [0, 0.05) is 12.7 Å². The minimum absolute atomic E-state index is 0.0577. The standard InChI is InChI=1S/C27H44O6/c1-15(20(28)8-9-24(2,3)32)16-7-11-27(33)18-12-21(29)19-13-22(30)23(31)14-25(19,4)17(18)6-10-26(16,27)5/h12,15-17,19-20,22-23,28,30-33H,6-11,13-14H2,1-5H3/t15?,16-,17?,19+,20-,22-,23+,25-,26-,27-/m1/s1/i14D/t14?,15?,16-,17?,19+,20-,22-,23+,25-,26-,27-. The lowest BCUT2D eigenvalue weighted by Crippen LogP contribution is -2.61. The number of hydrogen-bond donors (Lipinski definition) is 5. The van der Waals surface area contributed by atoms with E-state index in [1.54, 1.807) is 19.9 Å². The van der Waals surface area contributed by atoms with E-state index in [1.807, 2.05) is 13.8 Å². The summed E-state index contributed by atoms with van der Waals surface area (Å²) in [6.07, 6.45) is 1.48. The molecule has 4 aliphatic rings. The van der Waals surface area contributed by atoms with Crippen LogP contribution in [0.4, 0.5) is 0 Å². The minimum Gasteiger partial charge on any atom is -0.393 e. The quantitative estimate of drug-likeness (QED) is 0.426. The van der Waals surface area contributed by atoms with Crippen molar-refractivity contribution in [2.24, 2.45) is 34.5 Å². The van der Waals surface area contributed by atoms with E-state index in [2.05, 4.69) is 6.92 Å². The van der Waals surface area contributed by atoms with E-state index >= 15 is 0 Å². The van der Waals surface area contributed by atoms with Gasteiger partial charge in [-0.3, -0.25) is 4.79 Å². The highest BCUT2D eigenvalue weighted by molar-refractivity contribution is 5.95. The molecule has 0 aliphatic heterocycles. The highest BCUT2D eigenvalue weighted by Gasteiger charge is 2.67. The molecule has 11 atom stereocenters. The molecule has 3 saturated carbocycles. The van der Waals surface area contributed by atoms with Crippen molar-refractivity contribution < 1.29 is 31.7 Å². The van der Waals surface area contributed by atoms with E-state index in [-0.39, 0.29) is 30.0 Å². The Morgan fingerprint density at radius 3 is 2.48 bits per heavy atom. The Labute approximate surface area is 199 Å². The van der Waals surface area contributed by atoms with Gasteiger partial charge in [-0.1, -0.05) is 20.8 Å². The monoisotopic (exact) mass is 465 g/mol. The summed E-state index contributed by atoms with van der Waals surface area (Å²) < 4.78 is 8.78. The van der Waals surface area contributed by atoms with Crippen molar-refractivity contribution in [3.05, 3.63) is 11.6 Å². The summed E-state index contributed by atoms with van der Waals surface area (Å²) in [5.74, 6) is -0.905. The zero-order valence-corrected chi connectivity index (χ0v) is 20.8. The highest BCUT2D eigenvalue weighted by atomic mass is 16.3. The van der Waals surface area contributed by atoms with E-state index in [0.29, 0.717) is 37.7 Å². The molecule has 33 heavy (non-hydrogen) atoms. The van der Waals surface area contributed by atoms with Crippen LogP contribution in [0.1, 0.15) is 87.3 Å². The molecule has 5 N–H and O–H groups in total. The number of carbonyl (C=O) groups excluding carboxylic acids is 1. The number of rotatable bonds is 5. The molecule has 0 aromatic carbocycles. The third-order valence-electron chi connectivity index (χ3n) is 10.2. The average Bonchev–Trinajstić information content (AvgIpc) is 3.03. The molecule has 0 heterocycles. The molecule has 3 unspecified atom stereocenters. The Kier molecular flexibility index (Phi) is 5.89. The first kappa shape index (κ1) is 23.9. The second-order valence-corrected chi connectivity index (χ2v) is 12.7. The van der Waals surface area contributed by atoms with E-state index in [0.717, 1.165) is 6.42 Å². The minimum atomic E-state index is -1.21. The lowest BCUT2D eigenvalue weighted by atomic mass is 9.46. The maximum atomic E-state index is 13.3. The van der Waals surface area contributed by atoms with Gasteiger partial charge in [0.25, 0.3) is 0 Å². The Hall–Kier alpha value is -0.790. The Bertz CT molecular complexity index is 853. The summed E-state index contributed by atoms with van der Waals surface area (Å²) >= 11 is 0. The first-order chi connectivity index (χ1) is 15.6. The zero-order chi connectivity index (χ0) is 25.4. The van der Waals surface area contributed by atoms with Crippen molar-refractivity contribution in [1.82, 2.24) is 0 Å². The van der Waals surface area contributed by atoms with Crippen molar-refractivity contribution >= 4 is 5.78 Å². The van der Waals surface area contributed by atoms with Crippen LogP contribution in [-0.2, 0) is 4.79 Å². The number of allylic oxidation sites excluding steroid dienone is 1. The molecule has 188 valence electrons. The van der Waals surface area contributed by atoms with Crippen molar-refractivity contribution in [2.45, 2.75) is 115 Å². The number of aliphatic hydroxyl groups is 5. The van der Waals surface area contributed by atoms with Crippen LogP contribution in [0.5, 0.6) is 0 Å². The van der Waals surface area contributed by atoms with Crippen LogP contribution in [0.25, 0.3) is 0 Å². The molecule has 0 aromatic rings. The lowest BCUT2D eigenvalue weighted by Gasteiger charge is -2.60. The van der Waals surface area contributed by atoms with Gasteiger partial charge < -0.3 is 25.5 Å². The van der Waals surface area contributed by atoms with Gasteiger partial charge in [-0.05, 0) is 100 Å². The van der Waals surface area contributed by atoms with Gasteiger partial charge in [-0.25, -0.2) is 0 Å². The molecule has 0 bridgehead atoms. The van der Waals surface area contributed by atoms with Crippen LogP contribution in [0, 0.1) is 34.5 Å². The first-order valence-corrected chi connectivity index (χ1v) is 12.7. The summed E-state index contributed by atoms with van der Waals surface area (Å²) in [4.78, 5) is 13.3. The predicted molar refractivity (Wildman–Crippen MR) is 125 cm³/mol. The number of aliphatic hydroxyl groups excluding tert-OH is 3. The summed E-state index contributed by atoms with van der Waals surface area (Å²) in [7, 11) is 0. The third-order valence-corrected chi connectivity index (χ3v) is 10.2. The van der Waals surface area contributed by atoms with Gasteiger partial charge in [0.2, 0.25) is 0 Å². The molecule has 0 spiro atoms. The lowest BCUT2D eigenvalue weighted by molar-refractivity contribution is -0.154. The second-order valence-electron chi connectivity index (χ2n) is 12.7.